The van der Waals surface area contributed by atoms with Crippen LogP contribution in [0.25, 0.3) is 33.2 Å². The smallest absolute Gasteiger partial charge is 0.310 e. The van der Waals surface area contributed by atoms with Gasteiger partial charge in [-0.05, 0) is 91.8 Å². The van der Waals surface area contributed by atoms with Gasteiger partial charge in [0.25, 0.3) is 0 Å². The summed E-state index contributed by atoms with van der Waals surface area (Å²) in [6, 6.07) is 11.1. The van der Waals surface area contributed by atoms with Crippen molar-refractivity contribution >= 4 is 39.2 Å². The van der Waals surface area contributed by atoms with Gasteiger partial charge in [-0.1, -0.05) is 13.8 Å². The number of hydrogen-bond donors (Lipinski definition) is 2. The molecule has 0 unspecified atom stereocenters. The Hall–Kier alpha value is -4.18. The van der Waals surface area contributed by atoms with Gasteiger partial charge >= 0.3 is 5.97 Å². The van der Waals surface area contributed by atoms with Gasteiger partial charge in [0.2, 0.25) is 0 Å². The fraction of sp³-hybridized carbons (Fsp3) is 0.412. The first kappa shape index (κ1) is 25.8. The van der Waals surface area contributed by atoms with Crippen molar-refractivity contribution in [3.05, 3.63) is 69.3 Å². The maximum absolute atomic E-state index is 12.9. The van der Waals surface area contributed by atoms with E-state index in [4.69, 9.17) is 14.7 Å². The Morgan fingerprint density at radius 2 is 1.44 bits per heavy atom. The molecule has 0 saturated heterocycles. The first-order valence-electron chi connectivity index (χ1n) is 14.4. The van der Waals surface area contributed by atoms with E-state index < -0.39 is 11.8 Å². The number of aryl methyl sites for hydroxylation is 4. The number of aromatic amines is 2. The number of rotatable bonds is 1. The van der Waals surface area contributed by atoms with Crippen molar-refractivity contribution in [3.8, 4) is 6.07 Å². The Morgan fingerprint density at radius 3 is 2.05 bits per heavy atom. The van der Waals surface area contributed by atoms with Crippen LogP contribution in [0.15, 0.2) is 24.3 Å². The molecule has 5 heterocycles. The summed E-state index contributed by atoms with van der Waals surface area (Å²) < 4.78 is 5.19. The second-order valence-corrected chi connectivity index (χ2v) is 12.9. The van der Waals surface area contributed by atoms with E-state index in [0.29, 0.717) is 0 Å². The van der Waals surface area contributed by atoms with Crippen LogP contribution in [0.4, 0.5) is 0 Å². The molecule has 7 nitrogen and oxygen atoms in total. The predicted octanol–water partition coefficient (Wildman–Crippen LogP) is 6.56. The summed E-state index contributed by atoms with van der Waals surface area (Å²) in [5.74, 6) is -1.34. The Morgan fingerprint density at radius 1 is 0.878 bits per heavy atom. The normalized spacial score (nSPS) is 24.0. The molecule has 4 aliphatic rings. The molecule has 1 fully saturated rings. The molecule has 1 saturated carbocycles. The number of allylic oxidation sites excluding steroid dienone is 2. The second kappa shape index (κ2) is 8.66. The number of nitriles is 1. The SMILES string of the molecule is COC(=O)[C@@H]1[C@@H](C#N)[C@H]2C[C@@H]1C1=C2c2cc3[nH]c(cc4[nH]c(cc5nc(cc1n2)C(C)(C)C5)c(C)c4C)c(C)c3C. The molecule has 41 heavy (non-hydrogen) atoms. The standard InChI is InChI=1S/C34H35N5O2/c1-15-16(2)24-10-25-17(3)18(4)26(38-25)11-27-31-20-9-21(30(22(20)14-35)33(40)41-7)32(31)28(39-27)12-29-34(5,6)13-19(36-29)8-23(15)37-24/h8,10-12,20-22,30,37-38H,9,13H2,1-7H3/t20-,21+,22+,30+/m1/s1. The van der Waals surface area contributed by atoms with Gasteiger partial charge in [-0.15, -0.1) is 0 Å². The summed E-state index contributed by atoms with van der Waals surface area (Å²) in [6.45, 7) is 13.0. The minimum Gasteiger partial charge on any atom is -0.469 e. The van der Waals surface area contributed by atoms with Crippen LogP contribution in [0.2, 0.25) is 0 Å². The quantitative estimate of drug-likeness (QED) is 0.337. The van der Waals surface area contributed by atoms with Crippen LogP contribution in [-0.2, 0) is 21.4 Å². The molecular weight excluding hydrogens is 510 g/mol. The van der Waals surface area contributed by atoms with Crippen molar-refractivity contribution in [1.29, 1.82) is 5.26 Å². The molecule has 3 aromatic rings. The van der Waals surface area contributed by atoms with Crippen LogP contribution in [0.1, 0.15) is 65.3 Å². The van der Waals surface area contributed by atoms with E-state index in [1.807, 2.05) is 0 Å². The summed E-state index contributed by atoms with van der Waals surface area (Å²) in [5.41, 5.74) is 14.9. The van der Waals surface area contributed by atoms with Crippen molar-refractivity contribution < 1.29 is 9.53 Å². The third kappa shape index (κ3) is 3.59. The molecule has 2 aliphatic heterocycles. The number of carbonyl (C=O) groups is 1. The lowest BCUT2D eigenvalue weighted by atomic mass is 9.75. The largest absolute Gasteiger partial charge is 0.469 e. The highest BCUT2D eigenvalue weighted by Gasteiger charge is 2.58. The summed E-state index contributed by atoms with van der Waals surface area (Å²) in [4.78, 5) is 30.6. The van der Waals surface area contributed by atoms with Gasteiger partial charge in [-0.2, -0.15) is 5.26 Å². The maximum atomic E-state index is 12.9. The average molecular weight is 546 g/mol. The fourth-order valence-electron chi connectivity index (χ4n) is 7.63. The van der Waals surface area contributed by atoms with E-state index in [2.05, 4.69) is 81.8 Å². The number of hydrogen-bond acceptors (Lipinski definition) is 5. The molecule has 2 N–H and O–H groups in total. The summed E-state index contributed by atoms with van der Waals surface area (Å²) >= 11 is 0. The first-order valence-corrected chi connectivity index (χ1v) is 14.4. The highest BCUT2D eigenvalue weighted by molar-refractivity contribution is 6.00. The average Bonchev–Trinajstić information content (AvgIpc) is 3.74. The van der Waals surface area contributed by atoms with E-state index in [9.17, 15) is 10.1 Å². The summed E-state index contributed by atoms with van der Waals surface area (Å²) in [6.07, 6.45) is 1.59. The lowest BCUT2D eigenvalue weighted by Crippen LogP contribution is -2.30. The molecule has 0 amide bonds. The zero-order chi connectivity index (χ0) is 29.0. The molecule has 7 rings (SSSR count). The van der Waals surface area contributed by atoms with Gasteiger partial charge < -0.3 is 14.7 Å². The monoisotopic (exact) mass is 545 g/mol. The van der Waals surface area contributed by atoms with Crippen LogP contribution in [0, 0.1) is 62.7 Å². The first-order chi connectivity index (χ1) is 19.5. The number of nitrogens with zero attached hydrogens (tertiary/aromatic N) is 3. The van der Waals surface area contributed by atoms with Crippen LogP contribution < -0.4 is 0 Å². The molecule has 7 heteroatoms. The second-order valence-electron chi connectivity index (χ2n) is 12.9. The lowest BCUT2D eigenvalue weighted by molar-refractivity contribution is -0.147. The van der Waals surface area contributed by atoms with Crippen LogP contribution >= 0.6 is 0 Å². The van der Waals surface area contributed by atoms with Crippen molar-refractivity contribution in [3.63, 3.8) is 0 Å². The third-order valence-corrected chi connectivity index (χ3v) is 10.2. The van der Waals surface area contributed by atoms with Crippen molar-refractivity contribution in [2.45, 2.75) is 59.8 Å². The van der Waals surface area contributed by atoms with Gasteiger partial charge in [0.15, 0.2) is 0 Å². The molecule has 10 bridgehead atoms. The van der Waals surface area contributed by atoms with Crippen molar-refractivity contribution in [2.24, 2.45) is 23.7 Å². The van der Waals surface area contributed by atoms with Crippen molar-refractivity contribution in [2.75, 3.05) is 7.11 Å². The maximum Gasteiger partial charge on any atom is 0.310 e. The zero-order valence-corrected chi connectivity index (χ0v) is 24.7. The molecule has 208 valence electrons. The molecule has 2 aliphatic carbocycles. The number of ether oxygens (including phenoxy) is 1. The molecule has 0 aromatic carbocycles. The third-order valence-electron chi connectivity index (χ3n) is 10.2. The van der Waals surface area contributed by atoms with E-state index in [1.54, 1.807) is 0 Å². The molecule has 0 spiro atoms. The number of esters is 1. The van der Waals surface area contributed by atoms with Gasteiger partial charge in [0.05, 0.1) is 36.4 Å². The highest BCUT2D eigenvalue weighted by atomic mass is 16.5. The summed E-state index contributed by atoms with van der Waals surface area (Å²) in [5, 5.41) is 10.2. The Bertz CT molecular complexity index is 1910. The number of carbonyl (C=O) groups excluding carboxylic acids is 1. The Kier molecular flexibility index (Phi) is 5.44. The van der Waals surface area contributed by atoms with E-state index >= 15 is 0 Å². The van der Waals surface area contributed by atoms with E-state index in [0.717, 1.165) is 68.8 Å². The number of nitrogens with one attached hydrogen (secondary N) is 2. The van der Waals surface area contributed by atoms with Crippen molar-refractivity contribution in [1.82, 2.24) is 19.9 Å². The van der Waals surface area contributed by atoms with E-state index in [1.165, 1.54) is 29.4 Å². The minimum atomic E-state index is -0.474. The zero-order valence-electron chi connectivity index (χ0n) is 24.7. The van der Waals surface area contributed by atoms with E-state index in [-0.39, 0.29) is 23.2 Å². The van der Waals surface area contributed by atoms with Gasteiger partial charge in [-0.25, -0.2) is 4.98 Å². The molecule has 3 aromatic heterocycles. The van der Waals surface area contributed by atoms with Gasteiger partial charge in [0.1, 0.15) is 0 Å². The minimum absolute atomic E-state index is 0.0499. The molecular formula is C34H35N5O2. The summed E-state index contributed by atoms with van der Waals surface area (Å²) in [7, 11) is 1.41. The van der Waals surface area contributed by atoms with Crippen LogP contribution in [-0.4, -0.2) is 33.0 Å². The highest BCUT2D eigenvalue weighted by Crippen LogP contribution is 2.62. The van der Waals surface area contributed by atoms with Gasteiger partial charge in [0, 0.05) is 57.1 Å². The van der Waals surface area contributed by atoms with Gasteiger partial charge in [-0.3, -0.25) is 9.78 Å². The number of methoxy groups -OCH3 is 1. The Labute approximate surface area is 239 Å². The van der Waals surface area contributed by atoms with Crippen LogP contribution in [0.5, 0.6) is 0 Å². The molecule has 4 atom stereocenters. The topological polar surface area (TPSA) is 107 Å². The lowest BCUT2D eigenvalue weighted by Gasteiger charge is -2.26. The molecule has 0 radical (unpaired) electrons. The van der Waals surface area contributed by atoms with Crippen LogP contribution in [0.3, 0.4) is 0 Å². The number of aromatic nitrogens is 4. The number of H-pyrrole nitrogens is 2. The fourth-order valence-corrected chi connectivity index (χ4v) is 7.63. The number of fused-ring (bicyclic) bond motifs is 14. The predicted molar refractivity (Wildman–Crippen MR) is 160 cm³/mol. The Balaban J connectivity index is 1.58.